The van der Waals surface area contributed by atoms with Crippen LogP contribution in [0, 0.1) is 0 Å². The van der Waals surface area contributed by atoms with E-state index in [-0.39, 0.29) is 22.6 Å². The number of benzene rings is 1. The molecule has 0 unspecified atom stereocenters. The van der Waals surface area contributed by atoms with Gasteiger partial charge in [-0.2, -0.15) is 0 Å². The highest BCUT2D eigenvalue weighted by Gasteiger charge is 2.09. The van der Waals surface area contributed by atoms with Crippen LogP contribution >= 0.6 is 0 Å². The molecule has 0 saturated heterocycles. The van der Waals surface area contributed by atoms with E-state index in [1.54, 1.807) is 0 Å². The van der Waals surface area contributed by atoms with Crippen LogP contribution in [-0.4, -0.2) is 18.5 Å². The number of carbonyl (C=O) groups excluding carboxylic acids is 1. The Hall–Kier alpha value is -2.30. The van der Waals surface area contributed by atoms with Gasteiger partial charge in [0.2, 0.25) is 0 Å². The zero-order valence-corrected chi connectivity index (χ0v) is 8.39. The molecule has 2 rings (SSSR count). The molecule has 16 heavy (non-hydrogen) atoms. The molecule has 0 atom stereocenters. The largest absolute Gasteiger partial charge is 0.504 e. The number of phenols is 1. The van der Waals surface area contributed by atoms with E-state index in [4.69, 9.17) is 9.15 Å². The zero-order valence-electron chi connectivity index (χ0n) is 8.39. The summed E-state index contributed by atoms with van der Waals surface area (Å²) < 4.78 is 9.76. The van der Waals surface area contributed by atoms with Crippen LogP contribution in [-0.2, 0) is 0 Å². The van der Waals surface area contributed by atoms with Gasteiger partial charge in [-0.1, -0.05) is 0 Å². The highest BCUT2D eigenvalue weighted by Crippen LogP contribution is 2.30. The predicted octanol–water partition coefficient (Wildman–Crippen LogP) is 1.32. The van der Waals surface area contributed by atoms with Crippen molar-refractivity contribution >= 4 is 17.3 Å². The fraction of sp³-hybridized carbons (Fsp3) is 0.0909. The monoisotopic (exact) mass is 220 g/mol. The van der Waals surface area contributed by atoms with Crippen molar-refractivity contribution in [1.82, 2.24) is 0 Å². The van der Waals surface area contributed by atoms with Gasteiger partial charge in [-0.25, -0.2) is 4.79 Å². The topological polar surface area (TPSA) is 76.7 Å². The van der Waals surface area contributed by atoms with Crippen LogP contribution in [0.3, 0.4) is 0 Å². The fourth-order valence-corrected chi connectivity index (χ4v) is 1.40. The van der Waals surface area contributed by atoms with E-state index in [9.17, 15) is 14.7 Å². The van der Waals surface area contributed by atoms with E-state index in [1.165, 1.54) is 25.3 Å². The third kappa shape index (κ3) is 1.52. The Balaban J connectivity index is 2.81. The standard InChI is InChI=1S/C11H8O5/c1-15-10-3-6-2-7(5-12)11(14)16-9(6)4-8(10)13/h2-5,13H,1H3. The molecular weight excluding hydrogens is 212 g/mol. The van der Waals surface area contributed by atoms with E-state index >= 15 is 0 Å². The Morgan fingerprint density at radius 2 is 2.12 bits per heavy atom. The number of carbonyl (C=O) groups is 1. The number of rotatable bonds is 2. The second-order valence-electron chi connectivity index (χ2n) is 3.17. The van der Waals surface area contributed by atoms with E-state index in [2.05, 4.69) is 0 Å². The number of methoxy groups -OCH3 is 1. The molecule has 0 aliphatic heterocycles. The second-order valence-corrected chi connectivity index (χ2v) is 3.17. The van der Waals surface area contributed by atoms with E-state index < -0.39 is 5.63 Å². The minimum absolute atomic E-state index is 0.0692. The average molecular weight is 220 g/mol. The molecule has 0 spiro atoms. The number of hydrogen-bond donors (Lipinski definition) is 1. The molecule has 2 aromatic rings. The van der Waals surface area contributed by atoms with Gasteiger partial charge >= 0.3 is 5.63 Å². The van der Waals surface area contributed by atoms with Gasteiger partial charge in [0.15, 0.2) is 17.8 Å². The lowest BCUT2D eigenvalue weighted by atomic mass is 10.2. The molecule has 1 N–H and O–H groups in total. The summed E-state index contributed by atoms with van der Waals surface area (Å²) in [6, 6.07) is 4.14. The van der Waals surface area contributed by atoms with E-state index in [1.807, 2.05) is 0 Å². The molecular formula is C11H8O5. The van der Waals surface area contributed by atoms with Crippen molar-refractivity contribution in [2.45, 2.75) is 0 Å². The highest BCUT2D eigenvalue weighted by atomic mass is 16.5. The van der Waals surface area contributed by atoms with Crippen molar-refractivity contribution in [3.63, 3.8) is 0 Å². The van der Waals surface area contributed by atoms with Crippen LogP contribution in [0.25, 0.3) is 11.0 Å². The minimum Gasteiger partial charge on any atom is -0.504 e. The van der Waals surface area contributed by atoms with Crippen molar-refractivity contribution in [2.24, 2.45) is 0 Å². The lowest BCUT2D eigenvalue weighted by molar-refractivity contribution is 0.112. The first-order chi connectivity index (χ1) is 7.65. The first-order valence-electron chi connectivity index (χ1n) is 4.45. The van der Waals surface area contributed by atoms with Gasteiger partial charge in [0.25, 0.3) is 0 Å². The van der Waals surface area contributed by atoms with Crippen molar-refractivity contribution < 1.29 is 19.1 Å². The van der Waals surface area contributed by atoms with Crippen LogP contribution < -0.4 is 10.4 Å². The number of ether oxygens (including phenoxy) is 1. The Morgan fingerprint density at radius 3 is 2.75 bits per heavy atom. The first kappa shape index (κ1) is 10.2. The molecule has 0 aliphatic rings. The van der Waals surface area contributed by atoms with E-state index in [0.717, 1.165) is 0 Å². The molecule has 1 heterocycles. The Labute approximate surface area is 89.9 Å². The summed E-state index contributed by atoms with van der Waals surface area (Å²) in [5, 5.41) is 9.98. The number of aromatic hydroxyl groups is 1. The molecule has 1 aromatic carbocycles. The molecule has 82 valence electrons. The molecule has 0 amide bonds. The molecule has 0 saturated carbocycles. The maximum atomic E-state index is 11.2. The summed E-state index contributed by atoms with van der Waals surface area (Å²) in [4.78, 5) is 21.8. The maximum Gasteiger partial charge on any atom is 0.346 e. The summed E-state index contributed by atoms with van der Waals surface area (Å²) in [5.74, 6) is 0.121. The minimum atomic E-state index is -0.730. The van der Waals surface area contributed by atoms with Gasteiger partial charge in [0.1, 0.15) is 11.1 Å². The van der Waals surface area contributed by atoms with Gasteiger partial charge in [0, 0.05) is 11.5 Å². The third-order valence-corrected chi connectivity index (χ3v) is 2.19. The predicted molar refractivity (Wildman–Crippen MR) is 56.1 cm³/mol. The van der Waals surface area contributed by atoms with Crippen molar-refractivity contribution in [3.05, 3.63) is 34.2 Å². The number of aldehydes is 1. The summed E-state index contributed by atoms with van der Waals surface area (Å²) >= 11 is 0. The summed E-state index contributed by atoms with van der Waals surface area (Å²) in [6.07, 6.45) is 0.421. The Kier molecular flexibility index (Phi) is 2.36. The van der Waals surface area contributed by atoms with Gasteiger partial charge in [-0.15, -0.1) is 0 Å². The number of phenolic OH excluding ortho intramolecular Hbond substituents is 1. The SMILES string of the molecule is COc1cc2cc(C=O)c(=O)oc2cc1O. The van der Waals surface area contributed by atoms with E-state index in [0.29, 0.717) is 11.7 Å². The van der Waals surface area contributed by atoms with Crippen LogP contribution in [0.2, 0.25) is 0 Å². The van der Waals surface area contributed by atoms with Crippen molar-refractivity contribution in [3.8, 4) is 11.5 Å². The van der Waals surface area contributed by atoms with Crippen LogP contribution in [0.15, 0.2) is 27.4 Å². The smallest absolute Gasteiger partial charge is 0.346 e. The summed E-state index contributed by atoms with van der Waals surface area (Å²) in [6.45, 7) is 0. The van der Waals surface area contributed by atoms with Gasteiger partial charge in [-0.3, -0.25) is 4.79 Å². The Bertz CT molecular complexity index is 612. The summed E-state index contributed by atoms with van der Waals surface area (Å²) in [7, 11) is 1.40. The molecule has 0 bridgehead atoms. The fourth-order valence-electron chi connectivity index (χ4n) is 1.40. The van der Waals surface area contributed by atoms with Gasteiger partial charge in [-0.05, 0) is 12.1 Å². The summed E-state index contributed by atoms with van der Waals surface area (Å²) in [5.41, 5.74) is -0.596. The number of hydrogen-bond acceptors (Lipinski definition) is 5. The maximum absolute atomic E-state index is 11.2. The Morgan fingerprint density at radius 1 is 1.38 bits per heavy atom. The van der Waals surface area contributed by atoms with Crippen molar-refractivity contribution in [1.29, 1.82) is 0 Å². The van der Waals surface area contributed by atoms with Crippen LogP contribution in [0.1, 0.15) is 10.4 Å². The first-order valence-corrected chi connectivity index (χ1v) is 4.45. The lowest BCUT2D eigenvalue weighted by Crippen LogP contribution is -2.05. The molecule has 5 heteroatoms. The highest BCUT2D eigenvalue weighted by molar-refractivity contribution is 5.86. The zero-order chi connectivity index (χ0) is 11.7. The second kappa shape index (κ2) is 3.69. The number of fused-ring (bicyclic) bond motifs is 1. The molecule has 5 nitrogen and oxygen atoms in total. The van der Waals surface area contributed by atoms with Crippen LogP contribution in [0.5, 0.6) is 11.5 Å². The molecule has 0 aliphatic carbocycles. The van der Waals surface area contributed by atoms with Gasteiger partial charge < -0.3 is 14.3 Å². The molecule has 0 fully saturated rings. The molecule has 0 radical (unpaired) electrons. The van der Waals surface area contributed by atoms with Gasteiger partial charge in [0.05, 0.1) is 7.11 Å². The normalized spacial score (nSPS) is 10.3. The lowest BCUT2D eigenvalue weighted by Gasteiger charge is -2.04. The quantitative estimate of drug-likeness (QED) is 0.610. The average Bonchev–Trinajstić information content (AvgIpc) is 2.27. The van der Waals surface area contributed by atoms with Crippen LogP contribution in [0.4, 0.5) is 0 Å². The van der Waals surface area contributed by atoms with Crippen molar-refractivity contribution in [2.75, 3.05) is 7.11 Å². The third-order valence-electron chi connectivity index (χ3n) is 2.19. The molecule has 1 aromatic heterocycles.